The van der Waals surface area contributed by atoms with Gasteiger partial charge in [-0.15, -0.1) is 0 Å². The molecule has 0 heterocycles. The van der Waals surface area contributed by atoms with Crippen molar-refractivity contribution in [1.29, 1.82) is 0 Å². The maximum Gasteiger partial charge on any atom is 0.303 e. The predicted octanol–water partition coefficient (Wildman–Crippen LogP) is 4.77. The summed E-state index contributed by atoms with van der Waals surface area (Å²) in [5, 5.41) is 0. The lowest BCUT2D eigenvalue weighted by Crippen LogP contribution is -2.58. The maximum atomic E-state index is 12.8. The fourth-order valence-corrected chi connectivity index (χ4v) is 8.02. The summed E-state index contributed by atoms with van der Waals surface area (Å²) in [6, 6.07) is 0. The average Bonchev–Trinajstić information content (AvgIpc) is 2.94. The van der Waals surface area contributed by atoms with Crippen molar-refractivity contribution >= 4 is 17.7 Å². The molecular weight excluding hydrogens is 380 g/mol. The molecule has 4 aliphatic rings. The summed E-state index contributed by atoms with van der Waals surface area (Å²) in [6.07, 6.45) is 9.81. The second-order valence-corrected chi connectivity index (χ2v) is 10.7. The second kappa shape index (κ2) is 7.20. The molecule has 30 heavy (non-hydrogen) atoms. The molecule has 7 atom stereocenters. The molecule has 5 heteroatoms. The number of rotatable bonds is 3. The predicted molar refractivity (Wildman–Crippen MR) is 112 cm³/mol. The summed E-state index contributed by atoms with van der Waals surface area (Å²) in [5.74, 6) is 0.939. The standard InChI is InChI=1S/C25H36O5/c1-15(26)25(30-17(3)28)13-10-22-20-7-6-18-14-19(29-16(2)27)8-11-23(18,4)21(20)9-12-24(22,25)5/h6,19-22H,7-14H2,1-5H3/t19-,20+,21-,22-,23-,24-,25-/m1/s1. The van der Waals surface area contributed by atoms with Gasteiger partial charge >= 0.3 is 11.9 Å². The molecule has 4 rings (SSSR count). The third-order valence-electron chi connectivity index (χ3n) is 9.40. The summed E-state index contributed by atoms with van der Waals surface area (Å²) < 4.78 is 11.4. The molecule has 0 aromatic carbocycles. The Kier molecular flexibility index (Phi) is 5.18. The largest absolute Gasteiger partial charge is 0.462 e. The van der Waals surface area contributed by atoms with Crippen molar-refractivity contribution in [3.63, 3.8) is 0 Å². The Morgan fingerprint density at radius 1 is 0.933 bits per heavy atom. The number of hydrogen-bond donors (Lipinski definition) is 0. The number of esters is 2. The third kappa shape index (κ3) is 2.98. The van der Waals surface area contributed by atoms with Gasteiger partial charge in [-0.3, -0.25) is 14.4 Å². The Balaban J connectivity index is 1.63. The van der Waals surface area contributed by atoms with Gasteiger partial charge in [0.05, 0.1) is 0 Å². The highest BCUT2D eigenvalue weighted by Gasteiger charge is 2.67. The van der Waals surface area contributed by atoms with Crippen LogP contribution in [-0.4, -0.2) is 29.4 Å². The van der Waals surface area contributed by atoms with Gasteiger partial charge in [-0.2, -0.15) is 0 Å². The molecule has 0 radical (unpaired) electrons. The number of hydrogen-bond acceptors (Lipinski definition) is 5. The van der Waals surface area contributed by atoms with E-state index in [0.717, 1.165) is 44.9 Å². The number of ether oxygens (including phenoxy) is 2. The minimum atomic E-state index is -0.966. The van der Waals surface area contributed by atoms with Crippen molar-refractivity contribution in [2.45, 2.75) is 97.7 Å². The van der Waals surface area contributed by atoms with E-state index in [2.05, 4.69) is 19.9 Å². The van der Waals surface area contributed by atoms with E-state index in [4.69, 9.17) is 9.47 Å². The van der Waals surface area contributed by atoms with E-state index >= 15 is 0 Å². The van der Waals surface area contributed by atoms with Gasteiger partial charge in [0.2, 0.25) is 0 Å². The van der Waals surface area contributed by atoms with Crippen molar-refractivity contribution in [3.05, 3.63) is 11.6 Å². The molecule has 3 fully saturated rings. The van der Waals surface area contributed by atoms with Crippen LogP contribution in [0.5, 0.6) is 0 Å². The van der Waals surface area contributed by atoms with Crippen LogP contribution in [-0.2, 0) is 23.9 Å². The summed E-state index contributed by atoms with van der Waals surface area (Å²) in [7, 11) is 0. The molecule has 0 saturated heterocycles. The van der Waals surface area contributed by atoms with Gasteiger partial charge < -0.3 is 9.47 Å². The third-order valence-corrected chi connectivity index (χ3v) is 9.40. The maximum absolute atomic E-state index is 12.8. The number of carbonyl (C=O) groups is 3. The zero-order valence-electron chi connectivity index (χ0n) is 19.1. The number of ketones is 1. The molecule has 0 bridgehead atoms. The molecule has 5 nitrogen and oxygen atoms in total. The summed E-state index contributed by atoms with van der Waals surface area (Å²) in [6.45, 7) is 9.11. The van der Waals surface area contributed by atoms with Crippen LogP contribution >= 0.6 is 0 Å². The van der Waals surface area contributed by atoms with Gasteiger partial charge in [0.25, 0.3) is 0 Å². The van der Waals surface area contributed by atoms with E-state index in [1.807, 2.05) is 0 Å². The smallest absolute Gasteiger partial charge is 0.303 e. The second-order valence-electron chi connectivity index (χ2n) is 10.7. The number of carbonyl (C=O) groups excluding carboxylic acids is 3. The highest BCUT2D eigenvalue weighted by Crippen LogP contribution is 2.68. The van der Waals surface area contributed by atoms with Crippen LogP contribution in [0, 0.1) is 28.6 Å². The molecule has 0 aromatic heterocycles. The van der Waals surface area contributed by atoms with Crippen molar-refractivity contribution in [2.24, 2.45) is 28.6 Å². The van der Waals surface area contributed by atoms with E-state index < -0.39 is 5.60 Å². The Labute approximate surface area is 179 Å². The van der Waals surface area contributed by atoms with Crippen LogP contribution in [0.25, 0.3) is 0 Å². The molecule has 0 unspecified atom stereocenters. The van der Waals surface area contributed by atoms with E-state index in [9.17, 15) is 14.4 Å². The van der Waals surface area contributed by atoms with Gasteiger partial charge in [-0.05, 0) is 75.0 Å². The van der Waals surface area contributed by atoms with Gasteiger partial charge in [0.15, 0.2) is 11.4 Å². The first kappa shape index (κ1) is 21.6. The van der Waals surface area contributed by atoms with Gasteiger partial charge in [0, 0.05) is 25.7 Å². The fraction of sp³-hybridized carbons (Fsp3) is 0.800. The van der Waals surface area contributed by atoms with Crippen molar-refractivity contribution < 1.29 is 23.9 Å². The summed E-state index contributed by atoms with van der Waals surface area (Å²) >= 11 is 0. The van der Waals surface area contributed by atoms with Crippen molar-refractivity contribution in [3.8, 4) is 0 Å². The molecule has 3 saturated carbocycles. The van der Waals surface area contributed by atoms with Crippen LogP contribution in [0.1, 0.15) is 86.0 Å². The Morgan fingerprint density at radius 2 is 1.63 bits per heavy atom. The first-order chi connectivity index (χ1) is 14.0. The molecule has 0 N–H and O–H groups in total. The van der Waals surface area contributed by atoms with Crippen LogP contribution in [0.2, 0.25) is 0 Å². The molecule has 166 valence electrons. The highest BCUT2D eigenvalue weighted by molar-refractivity contribution is 5.89. The first-order valence-corrected chi connectivity index (χ1v) is 11.6. The number of allylic oxidation sites excluding steroid dienone is 1. The van der Waals surface area contributed by atoms with Gasteiger partial charge in [-0.25, -0.2) is 0 Å². The molecule has 0 aromatic rings. The van der Waals surface area contributed by atoms with E-state index in [1.165, 1.54) is 19.4 Å². The average molecular weight is 417 g/mol. The van der Waals surface area contributed by atoms with E-state index in [1.54, 1.807) is 6.92 Å². The normalized spacial score (nSPS) is 44.8. The first-order valence-electron chi connectivity index (χ1n) is 11.6. The van der Waals surface area contributed by atoms with E-state index in [-0.39, 0.29) is 34.7 Å². The van der Waals surface area contributed by atoms with Gasteiger partial charge in [0.1, 0.15) is 6.10 Å². The lowest BCUT2D eigenvalue weighted by molar-refractivity contribution is -0.186. The lowest BCUT2D eigenvalue weighted by Gasteiger charge is -2.59. The molecule has 0 spiro atoms. The van der Waals surface area contributed by atoms with Crippen LogP contribution < -0.4 is 0 Å². The SMILES string of the molecule is CC(=O)O[C@@H]1CC[C@]2(C)C(=CC[C@H]3[C@H]2CC[C@]2(C)[C@@H]3CC[C@@]2(OC(C)=O)C(C)=O)C1. The summed E-state index contributed by atoms with van der Waals surface area (Å²) in [5.41, 5.74) is 0.346. The van der Waals surface area contributed by atoms with Crippen molar-refractivity contribution in [2.75, 3.05) is 0 Å². The molecular formula is C25H36O5. The minimum Gasteiger partial charge on any atom is -0.462 e. The molecule has 0 amide bonds. The van der Waals surface area contributed by atoms with Gasteiger partial charge in [-0.1, -0.05) is 25.5 Å². The van der Waals surface area contributed by atoms with Crippen LogP contribution in [0.3, 0.4) is 0 Å². The monoisotopic (exact) mass is 416 g/mol. The quantitative estimate of drug-likeness (QED) is 0.489. The minimum absolute atomic E-state index is 0.00120. The summed E-state index contributed by atoms with van der Waals surface area (Å²) in [4.78, 5) is 36.2. The molecule has 0 aliphatic heterocycles. The van der Waals surface area contributed by atoms with Crippen LogP contribution in [0.4, 0.5) is 0 Å². The topological polar surface area (TPSA) is 69.7 Å². The van der Waals surface area contributed by atoms with E-state index in [0.29, 0.717) is 24.2 Å². The number of Topliss-reactive ketones (excluding diaryl/α,β-unsaturated/α-hetero) is 1. The Hall–Kier alpha value is -1.65. The zero-order chi connectivity index (χ0) is 21.9. The van der Waals surface area contributed by atoms with Crippen molar-refractivity contribution in [1.82, 2.24) is 0 Å². The fourth-order valence-electron chi connectivity index (χ4n) is 8.02. The Bertz CT molecular complexity index is 799. The Morgan fingerprint density at radius 3 is 2.27 bits per heavy atom. The molecule has 4 aliphatic carbocycles. The zero-order valence-corrected chi connectivity index (χ0v) is 19.1. The highest BCUT2D eigenvalue weighted by atomic mass is 16.6. The lowest BCUT2D eigenvalue weighted by atomic mass is 9.46. The number of fused-ring (bicyclic) bond motifs is 5. The van der Waals surface area contributed by atoms with Crippen LogP contribution in [0.15, 0.2) is 11.6 Å².